The standard InChI is InChI=1S/C24H23N3O7S2/c1-3-12-27(19-9-4-5-10-20(19)33-2)36(31,32)17-8-6-7-16(14-17)24(30)34-15-21(28)26-23-18(22(25)29)11-13-35-23/h3-11,13-14H,1,12,15H2,2H3,(H2,25,29)(H,26,28). The summed E-state index contributed by atoms with van der Waals surface area (Å²) in [5.41, 5.74) is 5.60. The molecule has 0 atom stereocenters. The van der Waals surface area contributed by atoms with Crippen molar-refractivity contribution in [3.05, 3.63) is 83.8 Å². The number of nitrogens with zero attached hydrogens (tertiary/aromatic N) is 1. The van der Waals surface area contributed by atoms with E-state index >= 15 is 0 Å². The average molecular weight is 530 g/mol. The molecular formula is C24H23N3O7S2. The summed E-state index contributed by atoms with van der Waals surface area (Å²) in [5, 5.41) is 4.26. The fourth-order valence-electron chi connectivity index (χ4n) is 3.17. The summed E-state index contributed by atoms with van der Waals surface area (Å²) in [7, 11) is -2.70. The zero-order valence-electron chi connectivity index (χ0n) is 19.2. The Kier molecular flexibility index (Phi) is 8.46. The van der Waals surface area contributed by atoms with E-state index < -0.39 is 34.4 Å². The molecule has 188 valence electrons. The summed E-state index contributed by atoms with van der Waals surface area (Å²) in [5.74, 6) is -1.96. The number of methoxy groups -OCH3 is 1. The minimum atomic E-state index is -4.13. The Morgan fingerprint density at radius 1 is 1.14 bits per heavy atom. The van der Waals surface area contributed by atoms with Gasteiger partial charge in [-0.3, -0.25) is 13.9 Å². The molecule has 0 unspecified atom stereocenters. The minimum Gasteiger partial charge on any atom is -0.495 e. The number of esters is 1. The summed E-state index contributed by atoms with van der Waals surface area (Å²) in [6.07, 6.45) is 1.43. The molecule has 0 spiro atoms. The summed E-state index contributed by atoms with van der Waals surface area (Å²) in [4.78, 5) is 35.9. The third-order valence-electron chi connectivity index (χ3n) is 4.82. The number of amides is 2. The molecule has 0 saturated heterocycles. The maximum Gasteiger partial charge on any atom is 0.338 e. The van der Waals surface area contributed by atoms with Crippen molar-refractivity contribution in [3.8, 4) is 5.75 Å². The van der Waals surface area contributed by atoms with Gasteiger partial charge in [0.2, 0.25) is 0 Å². The molecule has 36 heavy (non-hydrogen) atoms. The van der Waals surface area contributed by atoms with Crippen LogP contribution in [0.15, 0.2) is 77.5 Å². The Morgan fingerprint density at radius 3 is 2.58 bits per heavy atom. The van der Waals surface area contributed by atoms with Crippen molar-refractivity contribution in [2.24, 2.45) is 5.73 Å². The van der Waals surface area contributed by atoms with Crippen LogP contribution in [0.1, 0.15) is 20.7 Å². The van der Waals surface area contributed by atoms with Gasteiger partial charge < -0.3 is 20.5 Å². The van der Waals surface area contributed by atoms with Crippen LogP contribution < -0.4 is 20.1 Å². The van der Waals surface area contributed by atoms with Gasteiger partial charge in [-0.2, -0.15) is 0 Å². The highest BCUT2D eigenvalue weighted by atomic mass is 32.2. The fraction of sp³-hybridized carbons (Fsp3) is 0.125. The van der Waals surface area contributed by atoms with Crippen molar-refractivity contribution < 1.29 is 32.3 Å². The third-order valence-corrected chi connectivity index (χ3v) is 7.43. The molecule has 3 aromatic rings. The van der Waals surface area contributed by atoms with E-state index in [0.717, 1.165) is 21.7 Å². The predicted octanol–water partition coefficient (Wildman–Crippen LogP) is 3.03. The Labute approximate surface area is 212 Å². The SMILES string of the molecule is C=CCN(c1ccccc1OC)S(=O)(=O)c1cccc(C(=O)OCC(=O)Nc2sccc2C(N)=O)c1. The average Bonchev–Trinajstić information content (AvgIpc) is 3.34. The summed E-state index contributed by atoms with van der Waals surface area (Å²) in [6.45, 7) is 2.93. The van der Waals surface area contributed by atoms with Crippen LogP contribution in [-0.4, -0.2) is 46.5 Å². The Hall–Kier alpha value is -4.16. The molecule has 0 aliphatic rings. The molecule has 0 bridgehead atoms. The molecule has 2 amide bonds. The monoisotopic (exact) mass is 529 g/mol. The van der Waals surface area contributed by atoms with E-state index in [2.05, 4.69) is 11.9 Å². The number of nitrogens with one attached hydrogen (secondary N) is 1. The van der Waals surface area contributed by atoms with Crippen molar-refractivity contribution in [2.75, 3.05) is 29.9 Å². The van der Waals surface area contributed by atoms with Crippen molar-refractivity contribution in [1.82, 2.24) is 0 Å². The number of sulfonamides is 1. The zero-order chi connectivity index (χ0) is 26.3. The number of rotatable bonds is 11. The van der Waals surface area contributed by atoms with E-state index in [-0.39, 0.29) is 27.6 Å². The Bertz CT molecular complexity index is 1400. The number of hydrogen-bond acceptors (Lipinski definition) is 8. The first kappa shape index (κ1) is 26.4. The molecule has 0 aliphatic heterocycles. The number of anilines is 2. The van der Waals surface area contributed by atoms with E-state index in [0.29, 0.717) is 11.4 Å². The highest BCUT2D eigenvalue weighted by Gasteiger charge is 2.27. The van der Waals surface area contributed by atoms with Crippen molar-refractivity contribution >= 4 is 49.8 Å². The Balaban J connectivity index is 1.77. The van der Waals surface area contributed by atoms with Gasteiger partial charge >= 0.3 is 5.97 Å². The van der Waals surface area contributed by atoms with Crippen LogP contribution in [0.4, 0.5) is 10.7 Å². The topological polar surface area (TPSA) is 145 Å². The number of primary amides is 1. The number of carbonyl (C=O) groups is 3. The first-order chi connectivity index (χ1) is 17.2. The lowest BCUT2D eigenvalue weighted by Crippen LogP contribution is -2.31. The highest BCUT2D eigenvalue weighted by Crippen LogP contribution is 2.32. The summed E-state index contributed by atoms with van der Waals surface area (Å²) < 4.78 is 38.4. The smallest absolute Gasteiger partial charge is 0.338 e. The van der Waals surface area contributed by atoms with Gasteiger partial charge in [-0.25, -0.2) is 13.2 Å². The van der Waals surface area contributed by atoms with Gasteiger partial charge in [0.05, 0.1) is 35.4 Å². The van der Waals surface area contributed by atoms with Crippen LogP contribution in [-0.2, 0) is 19.6 Å². The minimum absolute atomic E-state index is 0.0481. The summed E-state index contributed by atoms with van der Waals surface area (Å²) >= 11 is 1.09. The number of nitrogens with two attached hydrogens (primary N) is 1. The zero-order valence-corrected chi connectivity index (χ0v) is 20.8. The van der Waals surface area contributed by atoms with Gasteiger partial charge in [0, 0.05) is 0 Å². The molecule has 0 aliphatic carbocycles. The van der Waals surface area contributed by atoms with Crippen molar-refractivity contribution in [1.29, 1.82) is 0 Å². The Morgan fingerprint density at radius 2 is 1.89 bits per heavy atom. The molecule has 12 heteroatoms. The molecule has 1 heterocycles. The van der Waals surface area contributed by atoms with Gasteiger partial charge in [-0.15, -0.1) is 17.9 Å². The largest absolute Gasteiger partial charge is 0.495 e. The maximum absolute atomic E-state index is 13.5. The van der Waals surface area contributed by atoms with Crippen LogP contribution in [0, 0.1) is 0 Å². The second-order valence-electron chi connectivity index (χ2n) is 7.18. The van der Waals surface area contributed by atoms with Crippen LogP contribution >= 0.6 is 11.3 Å². The second kappa shape index (κ2) is 11.5. The molecular weight excluding hydrogens is 506 g/mol. The van der Waals surface area contributed by atoms with Crippen molar-refractivity contribution in [2.45, 2.75) is 4.90 Å². The van der Waals surface area contributed by atoms with Crippen LogP contribution in [0.25, 0.3) is 0 Å². The van der Waals surface area contributed by atoms with Crippen LogP contribution in [0.5, 0.6) is 5.75 Å². The van der Waals surface area contributed by atoms with E-state index in [4.69, 9.17) is 15.2 Å². The quantitative estimate of drug-likeness (QED) is 0.287. The molecule has 0 fully saturated rings. The number of hydrogen-bond donors (Lipinski definition) is 2. The lowest BCUT2D eigenvalue weighted by atomic mass is 10.2. The van der Waals surface area contributed by atoms with Crippen LogP contribution in [0.2, 0.25) is 0 Å². The van der Waals surface area contributed by atoms with E-state index in [1.54, 1.807) is 29.6 Å². The number of carbonyl (C=O) groups excluding carboxylic acids is 3. The molecule has 2 aromatic carbocycles. The van der Waals surface area contributed by atoms with Gasteiger partial charge in [-0.1, -0.05) is 24.3 Å². The van der Waals surface area contributed by atoms with Crippen molar-refractivity contribution in [3.63, 3.8) is 0 Å². The summed E-state index contributed by atoms with van der Waals surface area (Å²) in [6, 6.07) is 13.3. The molecule has 0 radical (unpaired) electrons. The third kappa shape index (κ3) is 5.90. The van der Waals surface area contributed by atoms with E-state index in [1.165, 1.54) is 37.5 Å². The van der Waals surface area contributed by atoms with E-state index in [1.807, 2.05) is 0 Å². The fourth-order valence-corrected chi connectivity index (χ4v) is 5.47. The maximum atomic E-state index is 13.5. The first-order valence-electron chi connectivity index (χ1n) is 10.4. The highest BCUT2D eigenvalue weighted by molar-refractivity contribution is 7.92. The van der Waals surface area contributed by atoms with E-state index in [9.17, 15) is 22.8 Å². The second-order valence-corrected chi connectivity index (χ2v) is 9.95. The normalized spacial score (nSPS) is 10.8. The number of para-hydroxylation sites is 2. The number of thiophene rings is 1. The number of ether oxygens (including phenoxy) is 2. The lowest BCUT2D eigenvalue weighted by molar-refractivity contribution is -0.119. The van der Waals surface area contributed by atoms with Gasteiger partial charge in [0.1, 0.15) is 10.8 Å². The molecule has 3 rings (SSSR count). The van der Waals surface area contributed by atoms with Gasteiger partial charge in [0.15, 0.2) is 6.61 Å². The van der Waals surface area contributed by atoms with Crippen LogP contribution in [0.3, 0.4) is 0 Å². The molecule has 1 aromatic heterocycles. The first-order valence-corrected chi connectivity index (χ1v) is 12.7. The molecule has 0 saturated carbocycles. The number of benzene rings is 2. The lowest BCUT2D eigenvalue weighted by Gasteiger charge is -2.25. The van der Waals surface area contributed by atoms with Gasteiger partial charge in [-0.05, 0) is 41.8 Å². The van der Waals surface area contributed by atoms with Gasteiger partial charge in [0.25, 0.3) is 21.8 Å². The molecule has 10 nitrogen and oxygen atoms in total. The predicted molar refractivity (Wildman–Crippen MR) is 136 cm³/mol. The molecule has 3 N–H and O–H groups in total.